The summed E-state index contributed by atoms with van der Waals surface area (Å²) >= 11 is 0. The lowest BCUT2D eigenvalue weighted by atomic mass is 10.1. The van der Waals surface area contributed by atoms with Crippen molar-refractivity contribution in [1.29, 1.82) is 0 Å². The summed E-state index contributed by atoms with van der Waals surface area (Å²) in [5.41, 5.74) is 4.24. The van der Waals surface area contributed by atoms with Gasteiger partial charge in [-0.05, 0) is 73.5 Å². The fraction of sp³-hybridized carbons (Fsp3) is 0.258. The summed E-state index contributed by atoms with van der Waals surface area (Å²) in [5.74, 6) is -0.522. The number of amides is 2. The van der Waals surface area contributed by atoms with E-state index in [0.717, 1.165) is 22.6 Å². The molecule has 1 aromatic carbocycles. The molecular formula is C31H35N7O2. The summed E-state index contributed by atoms with van der Waals surface area (Å²) in [7, 11) is 0. The zero-order chi connectivity index (χ0) is 27.8. The van der Waals surface area contributed by atoms with Crippen LogP contribution in [0.1, 0.15) is 45.8 Å². The van der Waals surface area contributed by atoms with Crippen molar-refractivity contribution in [1.82, 2.24) is 36.2 Å². The molecular weight excluding hydrogens is 502 g/mol. The quantitative estimate of drug-likeness (QED) is 0.172. The van der Waals surface area contributed by atoms with Crippen molar-refractivity contribution in [3.05, 3.63) is 126 Å². The van der Waals surface area contributed by atoms with Gasteiger partial charge in [-0.25, -0.2) is 0 Å². The predicted octanol–water partition coefficient (Wildman–Crippen LogP) is 3.15. The second-order valence-electron chi connectivity index (χ2n) is 9.33. The van der Waals surface area contributed by atoms with Crippen LogP contribution in [0.25, 0.3) is 0 Å². The average Bonchev–Trinajstić information content (AvgIpc) is 3.01. The number of pyridine rings is 3. The van der Waals surface area contributed by atoms with Crippen LogP contribution in [0.15, 0.2) is 97.5 Å². The molecule has 1 unspecified atom stereocenters. The number of carbonyl (C=O) groups is 2. The summed E-state index contributed by atoms with van der Waals surface area (Å²) in [6.45, 7) is 2.95. The number of nitrogens with zero attached hydrogens (tertiary/aromatic N) is 3. The first kappa shape index (κ1) is 28.5. The Bertz CT molecular complexity index is 1300. The van der Waals surface area contributed by atoms with Gasteiger partial charge in [0.1, 0.15) is 6.04 Å². The van der Waals surface area contributed by atoms with E-state index in [2.05, 4.69) is 36.2 Å². The number of hydrogen-bond acceptors (Lipinski definition) is 7. The number of benzene rings is 1. The smallest absolute Gasteiger partial charge is 0.251 e. The molecule has 0 aliphatic rings. The molecule has 0 aliphatic carbocycles. The van der Waals surface area contributed by atoms with E-state index in [9.17, 15) is 9.59 Å². The van der Waals surface area contributed by atoms with Crippen molar-refractivity contribution in [3.63, 3.8) is 0 Å². The summed E-state index contributed by atoms with van der Waals surface area (Å²) in [4.78, 5) is 39.0. The highest BCUT2D eigenvalue weighted by molar-refractivity contribution is 5.97. The van der Waals surface area contributed by atoms with E-state index in [1.54, 1.807) is 30.7 Å². The molecule has 0 radical (unpaired) electrons. The molecule has 0 saturated heterocycles. The highest BCUT2D eigenvalue weighted by Gasteiger charge is 2.21. The van der Waals surface area contributed by atoms with Crippen LogP contribution in [0.5, 0.6) is 0 Å². The van der Waals surface area contributed by atoms with Gasteiger partial charge < -0.3 is 21.3 Å². The van der Waals surface area contributed by atoms with Crippen molar-refractivity contribution >= 4 is 11.8 Å². The van der Waals surface area contributed by atoms with Gasteiger partial charge in [-0.2, -0.15) is 0 Å². The Morgan fingerprint density at radius 3 is 1.80 bits per heavy atom. The number of aromatic nitrogens is 3. The molecule has 4 aromatic rings. The van der Waals surface area contributed by atoms with Crippen LogP contribution in [-0.4, -0.2) is 39.4 Å². The Morgan fingerprint density at radius 2 is 1.23 bits per heavy atom. The van der Waals surface area contributed by atoms with Crippen LogP contribution in [0, 0.1) is 0 Å². The fourth-order valence-electron chi connectivity index (χ4n) is 4.08. The molecule has 0 spiro atoms. The molecule has 9 nitrogen and oxygen atoms in total. The third-order valence-corrected chi connectivity index (χ3v) is 6.25. The van der Waals surface area contributed by atoms with Gasteiger partial charge in [0.05, 0.1) is 23.6 Å². The van der Waals surface area contributed by atoms with Crippen LogP contribution >= 0.6 is 0 Å². The predicted molar refractivity (Wildman–Crippen MR) is 154 cm³/mol. The summed E-state index contributed by atoms with van der Waals surface area (Å²) < 4.78 is 0. The van der Waals surface area contributed by atoms with Crippen molar-refractivity contribution in [2.75, 3.05) is 6.54 Å². The Kier molecular flexibility index (Phi) is 11.3. The maximum Gasteiger partial charge on any atom is 0.251 e. The monoisotopic (exact) mass is 537 g/mol. The van der Waals surface area contributed by atoms with Gasteiger partial charge in [-0.15, -0.1) is 0 Å². The zero-order valence-electron chi connectivity index (χ0n) is 22.4. The SMILES string of the molecule is O=C(NC(CCCNCc1ccccn1)C(=O)NCc1ccccn1)c1ccc(CNCc2ccccn2)cc1. The molecule has 4 N–H and O–H groups in total. The topological polar surface area (TPSA) is 121 Å². The van der Waals surface area contributed by atoms with Crippen molar-refractivity contribution < 1.29 is 9.59 Å². The van der Waals surface area contributed by atoms with E-state index >= 15 is 0 Å². The Morgan fingerprint density at radius 1 is 0.650 bits per heavy atom. The molecule has 0 bridgehead atoms. The normalized spacial score (nSPS) is 11.5. The zero-order valence-corrected chi connectivity index (χ0v) is 22.4. The van der Waals surface area contributed by atoms with Crippen LogP contribution in [0.2, 0.25) is 0 Å². The molecule has 3 aromatic heterocycles. The molecule has 4 rings (SSSR count). The van der Waals surface area contributed by atoms with Crippen molar-refractivity contribution in [2.45, 2.75) is 45.1 Å². The van der Waals surface area contributed by atoms with Gasteiger partial charge in [-0.1, -0.05) is 30.3 Å². The summed E-state index contributed by atoms with van der Waals surface area (Å²) in [6, 6.07) is 23.9. The summed E-state index contributed by atoms with van der Waals surface area (Å²) in [5, 5.41) is 12.5. The van der Waals surface area contributed by atoms with Gasteiger partial charge in [0.25, 0.3) is 5.91 Å². The first-order valence-electron chi connectivity index (χ1n) is 13.5. The van der Waals surface area contributed by atoms with E-state index in [1.165, 1.54) is 0 Å². The van der Waals surface area contributed by atoms with E-state index in [1.807, 2.05) is 66.7 Å². The minimum absolute atomic E-state index is 0.237. The van der Waals surface area contributed by atoms with Gasteiger partial charge in [0.15, 0.2) is 0 Å². The first-order valence-corrected chi connectivity index (χ1v) is 13.5. The maximum absolute atomic E-state index is 13.1. The molecule has 2 amide bonds. The number of carbonyl (C=O) groups excluding carboxylic acids is 2. The van der Waals surface area contributed by atoms with Gasteiger partial charge in [-0.3, -0.25) is 24.5 Å². The highest BCUT2D eigenvalue weighted by Crippen LogP contribution is 2.07. The lowest BCUT2D eigenvalue weighted by Gasteiger charge is -2.19. The average molecular weight is 538 g/mol. The molecule has 1 atom stereocenters. The molecule has 3 heterocycles. The molecule has 0 saturated carbocycles. The minimum atomic E-state index is -0.674. The second kappa shape index (κ2) is 15.8. The van der Waals surface area contributed by atoms with Crippen LogP contribution < -0.4 is 21.3 Å². The summed E-state index contributed by atoms with van der Waals surface area (Å²) in [6.07, 6.45) is 6.42. The Hall–Kier alpha value is -4.47. The van der Waals surface area contributed by atoms with E-state index in [4.69, 9.17) is 0 Å². The molecule has 9 heteroatoms. The molecule has 40 heavy (non-hydrogen) atoms. The molecule has 0 fully saturated rings. The Balaban J connectivity index is 1.28. The van der Waals surface area contributed by atoms with Crippen LogP contribution in [-0.2, 0) is 31.0 Å². The van der Waals surface area contributed by atoms with E-state index < -0.39 is 6.04 Å². The number of nitrogens with one attached hydrogen (secondary N) is 4. The highest BCUT2D eigenvalue weighted by atomic mass is 16.2. The third-order valence-electron chi connectivity index (χ3n) is 6.25. The van der Waals surface area contributed by atoms with Gasteiger partial charge in [0.2, 0.25) is 5.91 Å². The largest absolute Gasteiger partial charge is 0.349 e. The van der Waals surface area contributed by atoms with Crippen molar-refractivity contribution in [2.24, 2.45) is 0 Å². The Labute approximate surface area is 234 Å². The molecule has 206 valence electrons. The number of rotatable bonds is 15. The minimum Gasteiger partial charge on any atom is -0.349 e. The standard InChI is InChI=1S/C31H35N7O2/c39-30(25-14-12-24(13-15-25)20-33-22-27-9-2-5-18-35-27)38-29(31(40)37-23-28-10-3-6-19-36-28)11-7-16-32-21-26-8-1-4-17-34-26/h1-6,8-10,12-15,17-19,29,32-33H,7,11,16,20-23H2,(H,37,40)(H,38,39). The second-order valence-corrected chi connectivity index (χ2v) is 9.33. The first-order chi connectivity index (χ1) is 19.7. The fourth-order valence-corrected chi connectivity index (χ4v) is 4.08. The molecule has 0 aliphatic heterocycles. The van der Waals surface area contributed by atoms with E-state index in [-0.39, 0.29) is 11.8 Å². The van der Waals surface area contributed by atoms with Crippen molar-refractivity contribution in [3.8, 4) is 0 Å². The third kappa shape index (κ3) is 9.68. The van der Waals surface area contributed by atoms with Crippen LogP contribution in [0.4, 0.5) is 0 Å². The van der Waals surface area contributed by atoms with E-state index in [0.29, 0.717) is 51.1 Å². The maximum atomic E-state index is 13.1. The lowest BCUT2D eigenvalue weighted by molar-refractivity contribution is -0.123. The van der Waals surface area contributed by atoms with Gasteiger partial charge >= 0.3 is 0 Å². The van der Waals surface area contributed by atoms with Gasteiger partial charge in [0, 0.05) is 43.8 Å². The number of hydrogen-bond donors (Lipinski definition) is 4. The lowest BCUT2D eigenvalue weighted by Crippen LogP contribution is -2.46. The van der Waals surface area contributed by atoms with Crippen LogP contribution in [0.3, 0.4) is 0 Å².